The molecule has 0 bridgehead atoms. The normalized spacial score (nSPS) is 17.8. The van der Waals surface area contributed by atoms with Gasteiger partial charge in [0.05, 0.1) is 12.1 Å². The number of likely N-dealkylation sites (tertiary alicyclic amines) is 1. The summed E-state index contributed by atoms with van der Waals surface area (Å²) in [5.74, 6) is -0.123. The van der Waals surface area contributed by atoms with Crippen LogP contribution >= 0.6 is 0 Å². The lowest BCUT2D eigenvalue weighted by atomic mass is 10.0. The van der Waals surface area contributed by atoms with Gasteiger partial charge in [-0.2, -0.15) is 0 Å². The molecule has 1 aliphatic rings. The van der Waals surface area contributed by atoms with Gasteiger partial charge in [0.15, 0.2) is 0 Å². The molecule has 142 valence electrons. The van der Waals surface area contributed by atoms with Gasteiger partial charge in [-0.25, -0.2) is 0 Å². The summed E-state index contributed by atoms with van der Waals surface area (Å²) >= 11 is 0. The molecule has 5 heteroatoms. The summed E-state index contributed by atoms with van der Waals surface area (Å²) in [4.78, 5) is 27.0. The number of anilines is 1. The Labute approximate surface area is 160 Å². The molecular weight excluding hydrogens is 338 g/mol. The first-order valence-corrected chi connectivity index (χ1v) is 9.50. The van der Waals surface area contributed by atoms with Gasteiger partial charge in [0.25, 0.3) is 5.91 Å². The van der Waals surface area contributed by atoms with Gasteiger partial charge in [0.2, 0.25) is 5.91 Å². The fraction of sp³-hybridized carbons (Fsp3) is 0.364. The van der Waals surface area contributed by atoms with Gasteiger partial charge >= 0.3 is 0 Å². The van der Waals surface area contributed by atoms with Crippen LogP contribution in [0.3, 0.4) is 0 Å². The molecule has 0 saturated carbocycles. The second-order valence-electron chi connectivity index (χ2n) is 7.40. The minimum absolute atomic E-state index is 0.0260. The molecule has 0 radical (unpaired) electrons. The molecule has 1 aliphatic heterocycles. The molecule has 1 saturated heterocycles. The average Bonchev–Trinajstić information content (AvgIpc) is 3.17. The minimum Gasteiger partial charge on any atom is -0.332 e. The first-order valence-electron chi connectivity index (χ1n) is 9.50. The van der Waals surface area contributed by atoms with Crippen LogP contribution in [-0.4, -0.2) is 29.3 Å². The summed E-state index contributed by atoms with van der Waals surface area (Å²) in [6.45, 7) is 4.58. The van der Waals surface area contributed by atoms with Gasteiger partial charge in [-0.05, 0) is 48.6 Å². The quantitative estimate of drug-likeness (QED) is 0.850. The summed E-state index contributed by atoms with van der Waals surface area (Å²) in [6, 6.07) is 16.8. The van der Waals surface area contributed by atoms with E-state index in [1.807, 2.05) is 36.9 Å². The van der Waals surface area contributed by atoms with Crippen LogP contribution in [0.4, 0.5) is 5.69 Å². The lowest BCUT2D eigenvalue weighted by Crippen LogP contribution is -2.39. The number of carbonyl (C=O) groups excluding carboxylic acids is 2. The van der Waals surface area contributed by atoms with Crippen molar-refractivity contribution < 1.29 is 9.59 Å². The number of hydrogen-bond acceptors (Lipinski definition) is 3. The highest BCUT2D eigenvalue weighted by Gasteiger charge is 2.30. The van der Waals surface area contributed by atoms with Crippen molar-refractivity contribution in [1.82, 2.24) is 4.90 Å². The molecule has 1 unspecified atom stereocenters. The van der Waals surface area contributed by atoms with Crippen LogP contribution in [0.25, 0.3) is 0 Å². The molecule has 0 aromatic heterocycles. The Kier molecular flexibility index (Phi) is 5.91. The second-order valence-corrected chi connectivity index (χ2v) is 7.40. The van der Waals surface area contributed by atoms with Gasteiger partial charge in [-0.1, -0.05) is 44.2 Å². The maximum absolute atomic E-state index is 13.0. The number of hydrogen-bond donors (Lipinski definition) is 2. The topological polar surface area (TPSA) is 75.4 Å². The van der Waals surface area contributed by atoms with E-state index in [0.29, 0.717) is 11.3 Å². The van der Waals surface area contributed by atoms with Crippen LogP contribution in [-0.2, 0) is 4.79 Å². The molecule has 5 nitrogen and oxygen atoms in total. The van der Waals surface area contributed by atoms with Crippen LogP contribution in [0.5, 0.6) is 0 Å². The molecule has 3 rings (SSSR count). The number of rotatable bonds is 5. The number of amides is 2. The maximum atomic E-state index is 13.0. The molecule has 2 aromatic rings. The highest BCUT2D eigenvalue weighted by molar-refractivity contribution is 5.97. The molecule has 3 N–H and O–H groups in total. The third kappa shape index (κ3) is 4.37. The number of nitrogens with one attached hydrogen (secondary N) is 1. The predicted octanol–water partition coefficient (Wildman–Crippen LogP) is 3.59. The van der Waals surface area contributed by atoms with E-state index < -0.39 is 6.04 Å². The zero-order valence-corrected chi connectivity index (χ0v) is 15.9. The van der Waals surface area contributed by atoms with Crippen molar-refractivity contribution in [2.75, 3.05) is 11.9 Å². The Morgan fingerprint density at radius 3 is 2.37 bits per heavy atom. The van der Waals surface area contributed by atoms with E-state index in [4.69, 9.17) is 5.73 Å². The zero-order valence-electron chi connectivity index (χ0n) is 15.9. The van der Waals surface area contributed by atoms with Crippen molar-refractivity contribution in [2.45, 2.75) is 38.8 Å². The summed E-state index contributed by atoms with van der Waals surface area (Å²) < 4.78 is 0. The van der Waals surface area contributed by atoms with Gasteiger partial charge in [-0.15, -0.1) is 0 Å². The van der Waals surface area contributed by atoms with Crippen molar-refractivity contribution in [3.8, 4) is 0 Å². The Balaban J connectivity index is 1.69. The Morgan fingerprint density at radius 1 is 1.07 bits per heavy atom. The van der Waals surface area contributed by atoms with Crippen molar-refractivity contribution in [3.05, 3.63) is 65.7 Å². The van der Waals surface area contributed by atoms with E-state index >= 15 is 0 Å². The molecule has 2 atom stereocenters. The Morgan fingerprint density at radius 2 is 1.74 bits per heavy atom. The fourth-order valence-corrected chi connectivity index (χ4v) is 3.42. The highest BCUT2D eigenvalue weighted by Crippen LogP contribution is 2.33. The fourth-order valence-electron chi connectivity index (χ4n) is 3.42. The number of nitrogens with two attached hydrogens (primary N) is 1. The smallest absolute Gasteiger partial charge is 0.254 e. The lowest BCUT2D eigenvalue weighted by Gasteiger charge is -2.25. The molecule has 0 aliphatic carbocycles. The van der Waals surface area contributed by atoms with Crippen molar-refractivity contribution in [1.29, 1.82) is 0 Å². The van der Waals surface area contributed by atoms with Crippen LogP contribution in [0, 0.1) is 5.92 Å². The van der Waals surface area contributed by atoms with E-state index in [1.165, 1.54) is 5.56 Å². The molecule has 27 heavy (non-hydrogen) atoms. The molecule has 2 amide bonds. The van der Waals surface area contributed by atoms with Gasteiger partial charge in [0, 0.05) is 17.8 Å². The average molecular weight is 365 g/mol. The highest BCUT2D eigenvalue weighted by atomic mass is 16.2. The SMILES string of the molecule is CC(C)[C@H](N)C(=O)Nc1ccc(C(=O)N2CCCC2c2ccccc2)cc1. The molecule has 1 fully saturated rings. The van der Waals surface area contributed by atoms with Gasteiger partial charge in [0.1, 0.15) is 0 Å². The van der Waals surface area contributed by atoms with Crippen LogP contribution < -0.4 is 11.1 Å². The third-order valence-corrected chi connectivity index (χ3v) is 5.12. The predicted molar refractivity (Wildman–Crippen MR) is 107 cm³/mol. The molecule has 0 spiro atoms. The Hall–Kier alpha value is -2.66. The monoisotopic (exact) mass is 365 g/mol. The second kappa shape index (κ2) is 8.35. The molecule has 2 aromatic carbocycles. The largest absolute Gasteiger partial charge is 0.332 e. The van der Waals surface area contributed by atoms with Crippen molar-refractivity contribution in [3.63, 3.8) is 0 Å². The molecular formula is C22H27N3O2. The van der Waals surface area contributed by atoms with Gasteiger partial charge in [-0.3, -0.25) is 9.59 Å². The standard InChI is InChI=1S/C22H27N3O2/c1-15(2)20(23)21(26)24-18-12-10-17(11-13-18)22(27)25-14-6-9-19(25)16-7-4-3-5-8-16/h3-5,7-8,10-13,15,19-20H,6,9,14,23H2,1-2H3,(H,24,26)/t19?,20-/m0/s1. The van der Waals surface area contributed by atoms with Crippen molar-refractivity contribution in [2.24, 2.45) is 11.7 Å². The summed E-state index contributed by atoms with van der Waals surface area (Å²) in [7, 11) is 0. The molecule has 1 heterocycles. The van der Waals surface area contributed by atoms with E-state index in [-0.39, 0.29) is 23.8 Å². The van der Waals surface area contributed by atoms with E-state index in [1.54, 1.807) is 24.3 Å². The summed E-state index contributed by atoms with van der Waals surface area (Å²) in [5.41, 5.74) is 8.32. The van der Waals surface area contributed by atoms with E-state index in [0.717, 1.165) is 19.4 Å². The van der Waals surface area contributed by atoms with Gasteiger partial charge < -0.3 is 16.0 Å². The summed E-state index contributed by atoms with van der Waals surface area (Å²) in [5, 5.41) is 2.80. The number of carbonyl (C=O) groups is 2. The van der Waals surface area contributed by atoms with E-state index in [2.05, 4.69) is 17.4 Å². The number of benzene rings is 2. The third-order valence-electron chi connectivity index (χ3n) is 5.12. The van der Waals surface area contributed by atoms with Crippen molar-refractivity contribution >= 4 is 17.5 Å². The minimum atomic E-state index is -0.553. The van der Waals surface area contributed by atoms with Crippen LogP contribution in [0.2, 0.25) is 0 Å². The summed E-state index contributed by atoms with van der Waals surface area (Å²) in [6.07, 6.45) is 1.99. The zero-order chi connectivity index (χ0) is 19.4. The Bertz CT molecular complexity index is 787. The first-order chi connectivity index (χ1) is 13.0. The van der Waals surface area contributed by atoms with E-state index in [9.17, 15) is 9.59 Å². The van der Waals surface area contributed by atoms with Crippen LogP contribution in [0.1, 0.15) is 48.7 Å². The number of nitrogens with zero attached hydrogens (tertiary/aromatic N) is 1. The lowest BCUT2D eigenvalue weighted by molar-refractivity contribution is -0.118. The maximum Gasteiger partial charge on any atom is 0.254 e. The van der Waals surface area contributed by atoms with Crippen LogP contribution in [0.15, 0.2) is 54.6 Å². The first kappa shape index (κ1) is 19.1.